The first-order chi connectivity index (χ1) is 11.1. The van der Waals surface area contributed by atoms with E-state index in [-0.39, 0.29) is 5.56 Å². The average molecular weight is 349 g/mol. The predicted molar refractivity (Wildman–Crippen MR) is 87.5 cm³/mol. The first-order valence-electron chi connectivity index (χ1n) is 6.76. The second kappa shape index (κ2) is 7.06. The number of thioether (sulfide) groups is 1. The van der Waals surface area contributed by atoms with E-state index >= 15 is 0 Å². The lowest BCUT2D eigenvalue weighted by Crippen LogP contribution is -2.02. The largest absolute Gasteiger partial charge is 0.265 e. The van der Waals surface area contributed by atoms with Crippen molar-refractivity contribution >= 4 is 23.4 Å². The SMILES string of the molecule is Fc1ccc(F)c(C(Sc2ccc(Cl)cn2)c2ccncc2)c1. The smallest absolute Gasteiger partial charge is 0.128 e. The first kappa shape index (κ1) is 15.9. The Morgan fingerprint density at radius 3 is 2.48 bits per heavy atom. The van der Waals surface area contributed by atoms with E-state index in [1.807, 2.05) is 0 Å². The van der Waals surface area contributed by atoms with E-state index in [1.54, 1.807) is 36.7 Å². The highest BCUT2D eigenvalue weighted by Gasteiger charge is 2.20. The van der Waals surface area contributed by atoms with Crippen LogP contribution in [0, 0.1) is 11.6 Å². The summed E-state index contributed by atoms with van der Waals surface area (Å²) in [6.07, 6.45) is 4.76. The molecule has 0 fully saturated rings. The second-order valence-electron chi connectivity index (χ2n) is 4.76. The molecule has 0 bridgehead atoms. The van der Waals surface area contributed by atoms with Crippen molar-refractivity contribution in [2.45, 2.75) is 10.3 Å². The molecule has 3 rings (SSSR count). The molecule has 1 atom stereocenters. The van der Waals surface area contributed by atoms with Gasteiger partial charge in [-0.05, 0) is 48.0 Å². The zero-order valence-electron chi connectivity index (χ0n) is 11.8. The van der Waals surface area contributed by atoms with E-state index in [9.17, 15) is 8.78 Å². The Kier molecular flexibility index (Phi) is 4.88. The Bertz CT molecular complexity index is 797. The third-order valence-corrected chi connectivity index (χ3v) is 4.66. The fraction of sp³-hybridized carbons (Fsp3) is 0.0588. The molecule has 0 spiro atoms. The lowest BCUT2D eigenvalue weighted by Gasteiger charge is -2.18. The lowest BCUT2D eigenvalue weighted by atomic mass is 10.0. The van der Waals surface area contributed by atoms with Gasteiger partial charge in [-0.25, -0.2) is 13.8 Å². The monoisotopic (exact) mass is 348 g/mol. The molecular formula is C17H11ClF2N2S. The summed E-state index contributed by atoms with van der Waals surface area (Å²) in [5.41, 5.74) is 1.07. The van der Waals surface area contributed by atoms with Crippen LogP contribution in [0.3, 0.4) is 0 Å². The number of benzene rings is 1. The standard InChI is InChI=1S/C17H11ClF2N2S/c18-12-1-4-16(22-10-12)23-17(11-5-7-21-8-6-11)14-9-13(19)2-3-15(14)20/h1-10,17H. The maximum Gasteiger partial charge on any atom is 0.128 e. The summed E-state index contributed by atoms with van der Waals surface area (Å²) in [6, 6.07) is 10.5. The minimum atomic E-state index is -0.481. The Balaban J connectivity index is 2.03. The molecule has 0 amide bonds. The van der Waals surface area contributed by atoms with E-state index in [0.717, 1.165) is 17.7 Å². The van der Waals surface area contributed by atoms with Gasteiger partial charge in [0.25, 0.3) is 0 Å². The van der Waals surface area contributed by atoms with Crippen molar-refractivity contribution in [1.82, 2.24) is 9.97 Å². The lowest BCUT2D eigenvalue weighted by molar-refractivity contribution is 0.587. The minimum absolute atomic E-state index is 0.262. The molecule has 1 unspecified atom stereocenters. The molecule has 2 nitrogen and oxygen atoms in total. The van der Waals surface area contributed by atoms with Gasteiger partial charge in [-0.3, -0.25) is 4.98 Å². The van der Waals surface area contributed by atoms with Gasteiger partial charge < -0.3 is 0 Å². The van der Waals surface area contributed by atoms with Crippen LogP contribution in [-0.4, -0.2) is 9.97 Å². The van der Waals surface area contributed by atoms with Gasteiger partial charge in [0.1, 0.15) is 11.6 Å². The van der Waals surface area contributed by atoms with Gasteiger partial charge >= 0.3 is 0 Å². The number of halogens is 3. The molecule has 23 heavy (non-hydrogen) atoms. The molecule has 0 aliphatic rings. The van der Waals surface area contributed by atoms with Crippen LogP contribution in [0.15, 0.2) is 66.1 Å². The molecule has 2 aromatic heterocycles. The summed E-state index contributed by atoms with van der Waals surface area (Å²) in [7, 11) is 0. The molecule has 0 saturated heterocycles. The van der Waals surface area contributed by atoms with E-state index in [4.69, 9.17) is 11.6 Å². The Morgan fingerprint density at radius 2 is 1.78 bits per heavy atom. The van der Waals surface area contributed by atoms with E-state index in [1.165, 1.54) is 24.0 Å². The van der Waals surface area contributed by atoms with Gasteiger partial charge in [0.05, 0.1) is 15.3 Å². The second-order valence-corrected chi connectivity index (χ2v) is 6.32. The van der Waals surface area contributed by atoms with Crippen molar-refractivity contribution < 1.29 is 8.78 Å². The average Bonchev–Trinajstić information content (AvgIpc) is 2.57. The van der Waals surface area contributed by atoms with Gasteiger partial charge in [0.15, 0.2) is 0 Å². The van der Waals surface area contributed by atoms with Crippen LogP contribution in [0.1, 0.15) is 16.4 Å². The molecule has 0 aliphatic heterocycles. The highest BCUT2D eigenvalue weighted by Crippen LogP contribution is 2.40. The molecular weight excluding hydrogens is 338 g/mol. The van der Waals surface area contributed by atoms with E-state index < -0.39 is 16.9 Å². The fourth-order valence-electron chi connectivity index (χ4n) is 2.12. The maximum atomic E-state index is 14.2. The van der Waals surface area contributed by atoms with Crippen molar-refractivity contribution in [2.24, 2.45) is 0 Å². The Labute approximate surface area is 141 Å². The van der Waals surface area contributed by atoms with Crippen molar-refractivity contribution in [1.29, 1.82) is 0 Å². The summed E-state index contributed by atoms with van der Waals surface area (Å²) in [5.74, 6) is -0.945. The molecule has 1 aromatic carbocycles. The maximum absolute atomic E-state index is 14.2. The van der Waals surface area contributed by atoms with Crippen LogP contribution >= 0.6 is 23.4 Å². The van der Waals surface area contributed by atoms with Crippen LogP contribution < -0.4 is 0 Å². The summed E-state index contributed by atoms with van der Waals surface area (Å²) >= 11 is 7.16. The summed E-state index contributed by atoms with van der Waals surface area (Å²) in [4.78, 5) is 8.19. The van der Waals surface area contributed by atoms with Gasteiger partial charge in [0, 0.05) is 24.2 Å². The Hall–Kier alpha value is -1.98. The zero-order valence-corrected chi connectivity index (χ0v) is 13.4. The highest BCUT2D eigenvalue weighted by molar-refractivity contribution is 7.99. The van der Waals surface area contributed by atoms with Crippen molar-refractivity contribution in [3.63, 3.8) is 0 Å². The number of hydrogen-bond donors (Lipinski definition) is 0. The number of hydrogen-bond acceptors (Lipinski definition) is 3. The van der Waals surface area contributed by atoms with Gasteiger partial charge in [-0.1, -0.05) is 23.4 Å². The third kappa shape index (κ3) is 3.86. The topological polar surface area (TPSA) is 25.8 Å². The van der Waals surface area contributed by atoms with Crippen LogP contribution in [-0.2, 0) is 0 Å². The number of nitrogens with zero attached hydrogens (tertiary/aromatic N) is 2. The predicted octanol–water partition coefficient (Wildman–Crippen LogP) is 5.29. The highest BCUT2D eigenvalue weighted by atomic mass is 35.5. The van der Waals surface area contributed by atoms with Crippen LogP contribution in [0.5, 0.6) is 0 Å². The van der Waals surface area contributed by atoms with E-state index in [2.05, 4.69) is 9.97 Å². The summed E-state index contributed by atoms with van der Waals surface area (Å²) in [5, 5.41) is 0.744. The molecule has 0 aliphatic carbocycles. The first-order valence-corrected chi connectivity index (χ1v) is 8.02. The van der Waals surface area contributed by atoms with Crippen molar-refractivity contribution in [3.8, 4) is 0 Å². The van der Waals surface area contributed by atoms with Gasteiger partial charge in [-0.2, -0.15) is 0 Å². The van der Waals surface area contributed by atoms with Crippen LogP contribution in [0.4, 0.5) is 8.78 Å². The summed E-state index contributed by atoms with van der Waals surface area (Å²) in [6.45, 7) is 0. The molecule has 2 heterocycles. The van der Waals surface area contributed by atoms with Gasteiger partial charge in [0.2, 0.25) is 0 Å². The van der Waals surface area contributed by atoms with Crippen molar-refractivity contribution in [3.05, 3.63) is 88.8 Å². The number of aromatic nitrogens is 2. The molecule has 0 saturated carbocycles. The van der Waals surface area contributed by atoms with Gasteiger partial charge in [-0.15, -0.1) is 0 Å². The Morgan fingerprint density at radius 1 is 1.00 bits per heavy atom. The number of rotatable bonds is 4. The molecule has 0 N–H and O–H groups in total. The minimum Gasteiger partial charge on any atom is -0.265 e. The van der Waals surface area contributed by atoms with Crippen LogP contribution in [0.25, 0.3) is 0 Å². The molecule has 6 heteroatoms. The number of pyridine rings is 2. The zero-order chi connectivity index (χ0) is 16.2. The van der Waals surface area contributed by atoms with Crippen LogP contribution in [0.2, 0.25) is 5.02 Å². The quantitative estimate of drug-likeness (QED) is 0.599. The van der Waals surface area contributed by atoms with Crippen molar-refractivity contribution in [2.75, 3.05) is 0 Å². The summed E-state index contributed by atoms with van der Waals surface area (Å²) < 4.78 is 27.8. The fourth-order valence-corrected chi connectivity index (χ4v) is 3.33. The van der Waals surface area contributed by atoms with E-state index in [0.29, 0.717) is 10.0 Å². The molecule has 116 valence electrons. The molecule has 0 radical (unpaired) electrons. The normalized spacial score (nSPS) is 12.1. The molecule has 3 aromatic rings. The third-order valence-electron chi connectivity index (χ3n) is 3.19.